The minimum atomic E-state index is -0.232. The smallest absolute Gasteiger partial charge is 0.247 e. The average Bonchev–Trinajstić information content (AvgIpc) is 2.46. The van der Waals surface area contributed by atoms with Gasteiger partial charge in [0.1, 0.15) is 0 Å². The fourth-order valence-corrected chi connectivity index (χ4v) is 2.04. The van der Waals surface area contributed by atoms with Gasteiger partial charge in [0, 0.05) is 12.6 Å². The summed E-state index contributed by atoms with van der Waals surface area (Å²) in [6.45, 7) is 3.42. The molecule has 0 aliphatic carbocycles. The van der Waals surface area contributed by atoms with Gasteiger partial charge >= 0.3 is 0 Å². The summed E-state index contributed by atoms with van der Waals surface area (Å²) in [6, 6.07) is 7.73. The lowest BCUT2D eigenvalue weighted by Gasteiger charge is -2.33. The maximum atomic E-state index is 12.1. The van der Waals surface area contributed by atoms with Crippen molar-refractivity contribution >= 4 is 12.0 Å². The molecule has 2 rings (SSSR count). The van der Waals surface area contributed by atoms with Gasteiger partial charge in [-0.15, -0.1) is 0 Å². The molecule has 19 heavy (non-hydrogen) atoms. The van der Waals surface area contributed by atoms with Crippen molar-refractivity contribution in [3.8, 4) is 0 Å². The highest BCUT2D eigenvalue weighted by Crippen LogP contribution is 2.09. The second-order valence-corrected chi connectivity index (χ2v) is 4.69. The first-order chi connectivity index (χ1) is 9.20. The van der Waals surface area contributed by atoms with Crippen LogP contribution in [0, 0.1) is 6.92 Å². The molecule has 0 saturated carbocycles. The number of amides is 1. The van der Waals surface area contributed by atoms with Crippen LogP contribution in [0.15, 0.2) is 30.3 Å². The molecule has 4 heteroatoms. The molecule has 0 bridgehead atoms. The Balaban J connectivity index is 2.01. The number of hydrogen-bond donors (Lipinski definition) is 1. The maximum Gasteiger partial charge on any atom is 0.247 e. The lowest BCUT2D eigenvalue weighted by molar-refractivity contribution is -0.136. The molecule has 1 aliphatic rings. The van der Waals surface area contributed by atoms with Gasteiger partial charge in [-0.3, -0.25) is 4.79 Å². The van der Waals surface area contributed by atoms with E-state index >= 15 is 0 Å². The highest BCUT2D eigenvalue weighted by atomic mass is 16.5. The lowest BCUT2D eigenvalue weighted by Crippen LogP contribution is -2.49. The lowest BCUT2D eigenvalue weighted by atomic mass is 10.1. The van der Waals surface area contributed by atoms with Crippen molar-refractivity contribution in [2.75, 3.05) is 26.4 Å². The predicted octanol–water partition coefficient (Wildman–Crippen LogP) is 1.23. The Bertz CT molecular complexity index is 453. The van der Waals surface area contributed by atoms with Crippen molar-refractivity contribution in [2.45, 2.75) is 13.0 Å². The highest BCUT2D eigenvalue weighted by Gasteiger charge is 2.24. The van der Waals surface area contributed by atoms with Crippen LogP contribution >= 0.6 is 0 Å². The van der Waals surface area contributed by atoms with E-state index in [1.54, 1.807) is 17.1 Å². The summed E-state index contributed by atoms with van der Waals surface area (Å²) >= 11 is 0. The van der Waals surface area contributed by atoms with Gasteiger partial charge < -0.3 is 14.7 Å². The molecular formula is C15H19NO3. The van der Waals surface area contributed by atoms with Gasteiger partial charge in [0.05, 0.1) is 25.9 Å². The molecule has 1 unspecified atom stereocenters. The predicted molar refractivity (Wildman–Crippen MR) is 73.6 cm³/mol. The van der Waals surface area contributed by atoms with E-state index in [2.05, 4.69) is 0 Å². The van der Waals surface area contributed by atoms with Crippen LogP contribution in [0.4, 0.5) is 0 Å². The standard InChI is InChI=1S/C15H19NO3/c1-12-2-4-13(5-3-12)6-7-15(18)16-8-9-19-11-14(16)10-17/h2-7,14,17H,8-11H2,1H3/b7-6+. The third-order valence-corrected chi connectivity index (χ3v) is 3.22. The Morgan fingerprint density at radius 2 is 2.21 bits per heavy atom. The normalized spacial score (nSPS) is 19.9. The monoisotopic (exact) mass is 261 g/mol. The highest BCUT2D eigenvalue weighted by molar-refractivity contribution is 5.92. The third-order valence-electron chi connectivity index (χ3n) is 3.22. The molecule has 102 valence electrons. The Hall–Kier alpha value is -1.65. The van der Waals surface area contributed by atoms with Gasteiger partial charge in [-0.1, -0.05) is 29.8 Å². The van der Waals surface area contributed by atoms with Crippen molar-refractivity contribution in [2.24, 2.45) is 0 Å². The van der Waals surface area contributed by atoms with Crippen LogP contribution in [0.5, 0.6) is 0 Å². The van der Waals surface area contributed by atoms with Crippen LogP contribution in [0.25, 0.3) is 6.08 Å². The molecule has 0 spiro atoms. The number of carbonyl (C=O) groups is 1. The molecule has 1 atom stereocenters. The molecule has 4 nitrogen and oxygen atoms in total. The summed E-state index contributed by atoms with van der Waals surface area (Å²) < 4.78 is 5.25. The number of rotatable bonds is 3. The van der Waals surface area contributed by atoms with E-state index in [4.69, 9.17) is 4.74 Å². The molecule has 1 fully saturated rings. The van der Waals surface area contributed by atoms with Crippen LogP contribution < -0.4 is 0 Å². The zero-order valence-corrected chi connectivity index (χ0v) is 11.1. The minimum absolute atomic E-state index is 0.0654. The van der Waals surface area contributed by atoms with E-state index in [0.29, 0.717) is 19.8 Å². The van der Waals surface area contributed by atoms with Crippen LogP contribution in [0.3, 0.4) is 0 Å². The number of carbonyl (C=O) groups excluding carboxylic acids is 1. The van der Waals surface area contributed by atoms with Crippen LogP contribution in [0.2, 0.25) is 0 Å². The van der Waals surface area contributed by atoms with Crippen LogP contribution in [-0.4, -0.2) is 48.3 Å². The number of morpholine rings is 1. The van der Waals surface area contributed by atoms with Crippen molar-refractivity contribution < 1.29 is 14.6 Å². The number of aryl methyl sites for hydroxylation is 1. The van der Waals surface area contributed by atoms with Gasteiger partial charge in [-0.2, -0.15) is 0 Å². The minimum Gasteiger partial charge on any atom is -0.394 e. The van der Waals surface area contributed by atoms with Gasteiger partial charge in [-0.05, 0) is 18.6 Å². The van der Waals surface area contributed by atoms with Gasteiger partial charge in [0.2, 0.25) is 5.91 Å². The second-order valence-electron chi connectivity index (χ2n) is 4.69. The molecule has 1 aromatic rings. The van der Waals surface area contributed by atoms with Gasteiger partial charge in [-0.25, -0.2) is 0 Å². The second kappa shape index (κ2) is 6.50. The molecule has 1 N–H and O–H groups in total. The first-order valence-corrected chi connectivity index (χ1v) is 6.44. The quantitative estimate of drug-likeness (QED) is 0.833. The molecular weight excluding hydrogens is 242 g/mol. The zero-order chi connectivity index (χ0) is 13.7. The number of ether oxygens (including phenoxy) is 1. The Labute approximate surface area is 113 Å². The van der Waals surface area contributed by atoms with Crippen molar-refractivity contribution in [3.63, 3.8) is 0 Å². The molecule has 1 heterocycles. The molecule has 0 radical (unpaired) electrons. The van der Waals surface area contributed by atoms with E-state index in [-0.39, 0.29) is 18.6 Å². The van der Waals surface area contributed by atoms with E-state index in [9.17, 15) is 9.90 Å². The summed E-state index contributed by atoms with van der Waals surface area (Å²) in [5.74, 6) is -0.0806. The summed E-state index contributed by atoms with van der Waals surface area (Å²) in [5.41, 5.74) is 2.18. The summed E-state index contributed by atoms with van der Waals surface area (Å²) in [7, 11) is 0. The first kappa shape index (κ1) is 13.8. The zero-order valence-electron chi connectivity index (χ0n) is 11.1. The van der Waals surface area contributed by atoms with Crippen molar-refractivity contribution in [1.82, 2.24) is 4.90 Å². The fourth-order valence-electron chi connectivity index (χ4n) is 2.04. The summed E-state index contributed by atoms with van der Waals surface area (Å²) in [6.07, 6.45) is 3.35. The SMILES string of the molecule is Cc1ccc(/C=C/C(=O)N2CCOCC2CO)cc1. The first-order valence-electron chi connectivity index (χ1n) is 6.44. The summed E-state index contributed by atoms with van der Waals surface area (Å²) in [5, 5.41) is 9.23. The Morgan fingerprint density at radius 3 is 2.89 bits per heavy atom. The number of aliphatic hydroxyl groups is 1. The van der Waals surface area contributed by atoms with Crippen molar-refractivity contribution in [1.29, 1.82) is 0 Å². The Morgan fingerprint density at radius 1 is 1.47 bits per heavy atom. The van der Waals surface area contributed by atoms with Crippen LogP contribution in [-0.2, 0) is 9.53 Å². The Kier molecular flexibility index (Phi) is 4.71. The molecule has 1 amide bonds. The number of hydrogen-bond acceptors (Lipinski definition) is 3. The van der Waals surface area contributed by atoms with Gasteiger partial charge in [0.15, 0.2) is 0 Å². The third kappa shape index (κ3) is 3.66. The number of nitrogens with zero attached hydrogens (tertiary/aromatic N) is 1. The van der Waals surface area contributed by atoms with E-state index in [0.717, 1.165) is 5.56 Å². The fraction of sp³-hybridized carbons (Fsp3) is 0.400. The number of aliphatic hydroxyl groups excluding tert-OH is 1. The van der Waals surface area contributed by atoms with E-state index in [1.165, 1.54) is 5.56 Å². The number of benzene rings is 1. The van der Waals surface area contributed by atoms with E-state index in [1.807, 2.05) is 31.2 Å². The summed E-state index contributed by atoms with van der Waals surface area (Å²) in [4.78, 5) is 13.7. The molecule has 0 aromatic heterocycles. The molecule has 1 saturated heterocycles. The average molecular weight is 261 g/mol. The van der Waals surface area contributed by atoms with Gasteiger partial charge in [0.25, 0.3) is 0 Å². The van der Waals surface area contributed by atoms with Crippen LogP contribution in [0.1, 0.15) is 11.1 Å². The molecule has 1 aromatic carbocycles. The topological polar surface area (TPSA) is 49.8 Å². The van der Waals surface area contributed by atoms with E-state index < -0.39 is 0 Å². The molecule has 1 aliphatic heterocycles. The largest absolute Gasteiger partial charge is 0.394 e. The maximum absolute atomic E-state index is 12.1. The van der Waals surface area contributed by atoms with Crippen molar-refractivity contribution in [3.05, 3.63) is 41.5 Å².